The zero-order chi connectivity index (χ0) is 14.6. The molecule has 3 rings (SSSR count). The van der Waals surface area contributed by atoms with Gasteiger partial charge in [0.15, 0.2) is 5.78 Å². The largest absolute Gasteiger partial charge is 0.363 e. The van der Waals surface area contributed by atoms with Crippen molar-refractivity contribution in [2.75, 3.05) is 0 Å². The molecule has 2 nitrogen and oxygen atoms in total. The van der Waals surface area contributed by atoms with Gasteiger partial charge in [-0.2, -0.15) is 0 Å². The summed E-state index contributed by atoms with van der Waals surface area (Å²) in [4.78, 5) is 12.6. The smallest absolute Gasteiger partial charge is 0.161 e. The molecule has 2 bridgehead atoms. The van der Waals surface area contributed by atoms with E-state index in [1.165, 1.54) is 19.3 Å². The summed E-state index contributed by atoms with van der Waals surface area (Å²) in [6.45, 7) is 8.88. The van der Waals surface area contributed by atoms with Gasteiger partial charge in [-0.05, 0) is 58.3 Å². The Kier molecular flexibility index (Phi) is 3.17. The van der Waals surface area contributed by atoms with Gasteiger partial charge in [-0.25, -0.2) is 0 Å². The minimum atomic E-state index is -0.288. The summed E-state index contributed by atoms with van der Waals surface area (Å²) in [5.74, 6) is 0.934. The van der Waals surface area contributed by atoms with E-state index in [4.69, 9.17) is 4.74 Å². The van der Waals surface area contributed by atoms with Crippen LogP contribution in [-0.4, -0.2) is 17.0 Å². The number of hydrogen-bond donors (Lipinski definition) is 0. The first-order valence-corrected chi connectivity index (χ1v) is 8.29. The Hall–Kier alpha value is -0.630. The first-order chi connectivity index (χ1) is 9.35. The van der Waals surface area contributed by atoms with Crippen LogP contribution < -0.4 is 0 Å². The standard InChI is InChI=1S/C18H28O2/c1-5-7-15(19)14-8-6-10-17(4)11-9-13-12-18(14,17)20-16(13,2)3/h8,13H,5-7,9-12H2,1-4H3/t13-,17+,18+/m1/s1. The number of allylic oxidation sites excluding steroid dienone is 1. The van der Waals surface area contributed by atoms with Crippen LogP contribution in [-0.2, 0) is 9.53 Å². The van der Waals surface area contributed by atoms with Gasteiger partial charge in [0.1, 0.15) is 5.60 Å². The Morgan fingerprint density at radius 2 is 2.10 bits per heavy atom. The lowest BCUT2D eigenvalue weighted by atomic mass is 9.55. The molecule has 3 aliphatic rings. The van der Waals surface area contributed by atoms with Crippen LogP contribution in [0.1, 0.15) is 72.6 Å². The maximum Gasteiger partial charge on any atom is 0.161 e. The molecule has 1 heterocycles. The average Bonchev–Trinajstić information content (AvgIpc) is 2.59. The third kappa shape index (κ3) is 1.76. The van der Waals surface area contributed by atoms with Gasteiger partial charge in [-0.15, -0.1) is 0 Å². The second-order valence-electron chi connectivity index (χ2n) is 7.86. The SMILES string of the molecule is CCCC(=O)C1=CCC[C@@]2(C)CC[C@@H]3C[C@]12OC3(C)C. The zero-order valence-electron chi connectivity index (χ0n) is 13.4. The summed E-state index contributed by atoms with van der Waals surface area (Å²) < 4.78 is 6.66. The highest BCUT2D eigenvalue weighted by atomic mass is 16.5. The molecule has 2 aliphatic carbocycles. The van der Waals surface area contributed by atoms with E-state index in [2.05, 4.69) is 33.8 Å². The third-order valence-corrected chi connectivity index (χ3v) is 6.23. The van der Waals surface area contributed by atoms with Crippen molar-refractivity contribution < 1.29 is 9.53 Å². The van der Waals surface area contributed by atoms with Crippen molar-refractivity contribution in [1.82, 2.24) is 0 Å². The molecule has 2 fully saturated rings. The molecule has 112 valence electrons. The van der Waals surface area contributed by atoms with Crippen LogP contribution in [0.25, 0.3) is 0 Å². The van der Waals surface area contributed by atoms with Crippen LogP contribution in [0.15, 0.2) is 11.6 Å². The summed E-state index contributed by atoms with van der Waals surface area (Å²) >= 11 is 0. The summed E-state index contributed by atoms with van der Waals surface area (Å²) in [5, 5.41) is 0. The van der Waals surface area contributed by atoms with Gasteiger partial charge >= 0.3 is 0 Å². The van der Waals surface area contributed by atoms with E-state index in [1.54, 1.807) is 0 Å². The second kappa shape index (κ2) is 4.43. The lowest BCUT2D eigenvalue weighted by Crippen LogP contribution is -2.53. The molecule has 1 saturated heterocycles. The van der Waals surface area contributed by atoms with E-state index in [9.17, 15) is 4.79 Å². The number of fused-ring (bicyclic) bond motifs is 1. The van der Waals surface area contributed by atoms with Crippen molar-refractivity contribution in [2.24, 2.45) is 11.3 Å². The van der Waals surface area contributed by atoms with Crippen LogP contribution in [0.5, 0.6) is 0 Å². The van der Waals surface area contributed by atoms with E-state index >= 15 is 0 Å². The highest BCUT2D eigenvalue weighted by molar-refractivity contribution is 5.97. The lowest BCUT2D eigenvalue weighted by molar-refractivity contribution is -0.142. The first kappa shape index (κ1) is 14.3. The molecule has 1 aliphatic heterocycles. The van der Waals surface area contributed by atoms with Crippen LogP contribution in [0.4, 0.5) is 0 Å². The third-order valence-electron chi connectivity index (χ3n) is 6.23. The summed E-state index contributed by atoms with van der Waals surface area (Å²) in [7, 11) is 0. The molecule has 0 aromatic heterocycles. The highest BCUT2D eigenvalue weighted by Gasteiger charge is 2.65. The van der Waals surface area contributed by atoms with Crippen molar-refractivity contribution in [3.05, 3.63) is 11.6 Å². The number of Topliss-reactive ketones (excluding diaryl/α,β-unsaturated/α-hetero) is 1. The van der Waals surface area contributed by atoms with Crippen LogP contribution in [0.2, 0.25) is 0 Å². The molecule has 2 heteroatoms. The van der Waals surface area contributed by atoms with Crippen LogP contribution in [0.3, 0.4) is 0 Å². The molecule has 0 amide bonds. The zero-order valence-corrected chi connectivity index (χ0v) is 13.4. The Bertz CT molecular complexity index is 462. The van der Waals surface area contributed by atoms with Crippen molar-refractivity contribution in [3.8, 4) is 0 Å². The summed E-state index contributed by atoms with van der Waals surface area (Å²) in [6.07, 6.45) is 9.50. The predicted octanol–water partition coefficient (Wildman–Crippen LogP) is 4.43. The molecule has 1 spiro atoms. The predicted molar refractivity (Wildman–Crippen MR) is 80.6 cm³/mol. The van der Waals surface area contributed by atoms with Crippen molar-refractivity contribution in [2.45, 2.75) is 83.8 Å². The molecule has 1 saturated carbocycles. The van der Waals surface area contributed by atoms with Gasteiger partial charge in [-0.3, -0.25) is 4.79 Å². The van der Waals surface area contributed by atoms with Crippen molar-refractivity contribution >= 4 is 5.78 Å². The molecular weight excluding hydrogens is 248 g/mol. The van der Waals surface area contributed by atoms with Gasteiger partial charge in [0.2, 0.25) is 0 Å². The van der Waals surface area contributed by atoms with E-state index < -0.39 is 0 Å². The van der Waals surface area contributed by atoms with Gasteiger partial charge < -0.3 is 4.74 Å². The quantitative estimate of drug-likeness (QED) is 0.762. The van der Waals surface area contributed by atoms with Crippen molar-refractivity contribution in [3.63, 3.8) is 0 Å². The van der Waals surface area contributed by atoms with E-state index in [0.717, 1.165) is 24.8 Å². The number of carbonyl (C=O) groups excluding carboxylic acids is 1. The molecule has 0 aromatic rings. The Balaban J connectivity index is 2.05. The van der Waals surface area contributed by atoms with E-state index in [0.29, 0.717) is 18.1 Å². The lowest BCUT2D eigenvalue weighted by Gasteiger charge is -2.51. The molecule has 0 unspecified atom stereocenters. The molecule has 3 atom stereocenters. The molecule has 0 aromatic carbocycles. The second-order valence-corrected chi connectivity index (χ2v) is 7.86. The van der Waals surface area contributed by atoms with E-state index in [-0.39, 0.29) is 16.6 Å². The maximum absolute atomic E-state index is 12.6. The fourth-order valence-electron chi connectivity index (χ4n) is 4.90. The minimum absolute atomic E-state index is 0.0827. The number of ether oxygens (including phenoxy) is 1. The molecule has 0 radical (unpaired) electrons. The summed E-state index contributed by atoms with van der Waals surface area (Å²) in [5.41, 5.74) is 0.804. The summed E-state index contributed by atoms with van der Waals surface area (Å²) in [6, 6.07) is 0. The molecule has 0 N–H and O–H groups in total. The molecule has 20 heavy (non-hydrogen) atoms. The number of carbonyl (C=O) groups is 1. The van der Waals surface area contributed by atoms with Gasteiger partial charge in [0.05, 0.1) is 5.60 Å². The minimum Gasteiger partial charge on any atom is -0.363 e. The molecular formula is C18H28O2. The first-order valence-electron chi connectivity index (χ1n) is 8.29. The van der Waals surface area contributed by atoms with Crippen LogP contribution in [0, 0.1) is 11.3 Å². The Morgan fingerprint density at radius 3 is 2.80 bits per heavy atom. The normalized spacial score (nSPS) is 42.0. The maximum atomic E-state index is 12.6. The highest BCUT2D eigenvalue weighted by Crippen LogP contribution is 2.64. The number of hydrogen-bond acceptors (Lipinski definition) is 2. The fourth-order valence-corrected chi connectivity index (χ4v) is 4.90. The van der Waals surface area contributed by atoms with Crippen LogP contribution >= 0.6 is 0 Å². The van der Waals surface area contributed by atoms with Gasteiger partial charge in [0.25, 0.3) is 0 Å². The average molecular weight is 276 g/mol. The number of rotatable bonds is 3. The Labute approximate surface area is 123 Å². The monoisotopic (exact) mass is 276 g/mol. The topological polar surface area (TPSA) is 26.3 Å². The fraction of sp³-hybridized carbons (Fsp3) is 0.833. The van der Waals surface area contributed by atoms with Crippen molar-refractivity contribution in [1.29, 1.82) is 0 Å². The van der Waals surface area contributed by atoms with E-state index in [1.807, 2.05) is 0 Å². The van der Waals surface area contributed by atoms with Gasteiger partial charge in [-0.1, -0.05) is 19.9 Å². The number of ketones is 1. The Morgan fingerprint density at radius 1 is 1.35 bits per heavy atom. The van der Waals surface area contributed by atoms with Gasteiger partial charge in [0, 0.05) is 17.4 Å².